The monoisotopic (exact) mass is 442 g/mol. The van der Waals surface area contributed by atoms with E-state index in [1.165, 1.54) is 11.8 Å². The Kier molecular flexibility index (Phi) is 7.54. The molecule has 0 unspecified atom stereocenters. The molecule has 0 fully saturated rings. The van der Waals surface area contributed by atoms with Crippen LogP contribution in [0.3, 0.4) is 0 Å². The fraction of sp³-hybridized carbons (Fsp3) is 0.227. The Labute approximate surface area is 185 Å². The van der Waals surface area contributed by atoms with Gasteiger partial charge >= 0.3 is 0 Å². The Balaban J connectivity index is 1.64. The summed E-state index contributed by atoms with van der Waals surface area (Å²) in [6.45, 7) is 8.47. The number of nitrogens with zero attached hydrogens (tertiary/aromatic N) is 3. The molecule has 0 saturated carbocycles. The minimum Gasteiger partial charge on any atom is -0.486 e. The average Bonchev–Trinajstić information content (AvgIpc) is 3.10. The van der Waals surface area contributed by atoms with Gasteiger partial charge < -0.3 is 10.1 Å². The van der Waals surface area contributed by atoms with Crippen LogP contribution in [0.2, 0.25) is 5.02 Å². The minimum absolute atomic E-state index is 0.163. The molecule has 8 heteroatoms. The molecular formula is C22H23ClN4O2S. The van der Waals surface area contributed by atoms with Crippen molar-refractivity contribution in [3.63, 3.8) is 0 Å². The molecule has 0 bridgehead atoms. The van der Waals surface area contributed by atoms with Gasteiger partial charge in [0.15, 0.2) is 11.0 Å². The van der Waals surface area contributed by atoms with Crippen LogP contribution in [0, 0.1) is 13.8 Å². The molecule has 1 aromatic heterocycles. The molecule has 1 heterocycles. The van der Waals surface area contributed by atoms with Crippen molar-refractivity contribution in [2.24, 2.45) is 0 Å². The Hall–Kier alpha value is -2.77. The van der Waals surface area contributed by atoms with Gasteiger partial charge in [0.2, 0.25) is 5.91 Å². The fourth-order valence-electron chi connectivity index (χ4n) is 2.89. The second-order valence-corrected chi connectivity index (χ2v) is 8.03. The number of benzene rings is 2. The summed E-state index contributed by atoms with van der Waals surface area (Å²) in [5.41, 5.74) is 2.61. The molecule has 0 atom stereocenters. The highest BCUT2D eigenvalue weighted by Gasteiger charge is 2.15. The summed E-state index contributed by atoms with van der Waals surface area (Å²) >= 11 is 7.58. The zero-order chi connectivity index (χ0) is 21.5. The van der Waals surface area contributed by atoms with E-state index in [0.29, 0.717) is 28.2 Å². The number of carbonyl (C=O) groups is 1. The molecule has 0 aliphatic heterocycles. The van der Waals surface area contributed by atoms with E-state index >= 15 is 0 Å². The number of para-hydroxylation sites is 1. The van der Waals surface area contributed by atoms with Crippen LogP contribution in [0.5, 0.6) is 5.75 Å². The average molecular weight is 443 g/mol. The molecule has 0 aliphatic carbocycles. The molecule has 3 aromatic rings. The van der Waals surface area contributed by atoms with Gasteiger partial charge in [0.25, 0.3) is 0 Å². The molecule has 30 heavy (non-hydrogen) atoms. The number of aryl methyl sites for hydroxylation is 2. The van der Waals surface area contributed by atoms with Crippen LogP contribution in [0.1, 0.15) is 17.0 Å². The molecule has 0 spiro atoms. The lowest BCUT2D eigenvalue weighted by atomic mass is 10.1. The van der Waals surface area contributed by atoms with E-state index in [1.54, 1.807) is 6.08 Å². The lowest BCUT2D eigenvalue weighted by Crippen LogP contribution is -2.16. The van der Waals surface area contributed by atoms with Crippen LogP contribution in [-0.4, -0.2) is 26.4 Å². The number of anilines is 1. The second-order valence-electron chi connectivity index (χ2n) is 6.68. The maximum Gasteiger partial charge on any atom is 0.234 e. The Bertz CT molecular complexity index is 1010. The highest BCUT2D eigenvalue weighted by Crippen LogP contribution is 2.28. The maximum absolute atomic E-state index is 12.5. The fourth-order valence-corrected chi connectivity index (χ4v) is 4.02. The molecule has 0 aliphatic rings. The van der Waals surface area contributed by atoms with Crippen LogP contribution in [0.15, 0.2) is 60.3 Å². The molecular weight excluding hydrogens is 420 g/mol. The van der Waals surface area contributed by atoms with Gasteiger partial charge in [0, 0.05) is 6.54 Å². The van der Waals surface area contributed by atoms with Crippen LogP contribution < -0.4 is 10.1 Å². The largest absolute Gasteiger partial charge is 0.486 e. The molecule has 3 rings (SSSR count). The zero-order valence-corrected chi connectivity index (χ0v) is 18.5. The summed E-state index contributed by atoms with van der Waals surface area (Å²) in [7, 11) is 0. The van der Waals surface area contributed by atoms with E-state index in [4.69, 9.17) is 16.3 Å². The van der Waals surface area contributed by atoms with Crippen molar-refractivity contribution in [2.45, 2.75) is 32.2 Å². The second kappa shape index (κ2) is 10.3. The van der Waals surface area contributed by atoms with Crippen molar-refractivity contribution >= 4 is 35.0 Å². The van der Waals surface area contributed by atoms with Gasteiger partial charge in [-0.3, -0.25) is 9.36 Å². The third-order valence-corrected chi connectivity index (χ3v) is 5.51. The zero-order valence-electron chi connectivity index (χ0n) is 16.9. The first-order valence-electron chi connectivity index (χ1n) is 9.38. The van der Waals surface area contributed by atoms with Crippen LogP contribution in [-0.2, 0) is 17.9 Å². The van der Waals surface area contributed by atoms with Crippen molar-refractivity contribution < 1.29 is 9.53 Å². The molecule has 1 amide bonds. The third kappa shape index (κ3) is 5.64. The number of hydrogen-bond acceptors (Lipinski definition) is 5. The minimum atomic E-state index is -0.163. The number of amides is 1. The van der Waals surface area contributed by atoms with Gasteiger partial charge in [-0.05, 0) is 43.2 Å². The van der Waals surface area contributed by atoms with Gasteiger partial charge in [-0.2, -0.15) is 0 Å². The standard InChI is InChI=1S/C22H23ClN4O2S/c1-4-10-27-19(13-29-17-8-6-5-7-9-17)25-26-22(27)30-14-20(28)24-21-16(3)11-15(2)12-18(21)23/h4-9,11-12H,1,10,13-14H2,2-3H3,(H,24,28). The first-order chi connectivity index (χ1) is 14.5. The van der Waals surface area contributed by atoms with Gasteiger partial charge in [0.1, 0.15) is 12.4 Å². The number of nitrogens with one attached hydrogen (secondary N) is 1. The first-order valence-corrected chi connectivity index (χ1v) is 10.7. The van der Waals surface area contributed by atoms with E-state index < -0.39 is 0 Å². The Morgan fingerprint density at radius 3 is 2.73 bits per heavy atom. The predicted octanol–water partition coefficient (Wildman–Crippen LogP) is 5.04. The number of carbonyl (C=O) groups excluding carboxylic acids is 1. The van der Waals surface area contributed by atoms with Gasteiger partial charge in [-0.15, -0.1) is 16.8 Å². The smallest absolute Gasteiger partial charge is 0.234 e. The number of allylic oxidation sites excluding steroid dienone is 1. The summed E-state index contributed by atoms with van der Waals surface area (Å²) in [6.07, 6.45) is 1.76. The number of aromatic nitrogens is 3. The third-order valence-electron chi connectivity index (χ3n) is 4.24. The number of thioether (sulfide) groups is 1. The summed E-state index contributed by atoms with van der Waals surface area (Å²) in [4.78, 5) is 12.5. The SMILES string of the molecule is C=CCn1c(COc2ccccc2)nnc1SCC(=O)Nc1c(C)cc(C)cc1Cl. The molecule has 6 nitrogen and oxygen atoms in total. The molecule has 0 saturated heterocycles. The molecule has 1 N–H and O–H groups in total. The van der Waals surface area contributed by atoms with Crippen molar-refractivity contribution in [3.05, 3.63) is 77.1 Å². The predicted molar refractivity (Wildman–Crippen MR) is 121 cm³/mol. The van der Waals surface area contributed by atoms with E-state index in [0.717, 1.165) is 16.9 Å². The number of halogens is 1. The Morgan fingerprint density at radius 2 is 2.03 bits per heavy atom. The van der Waals surface area contributed by atoms with Crippen molar-refractivity contribution in [1.29, 1.82) is 0 Å². The highest BCUT2D eigenvalue weighted by atomic mass is 35.5. The van der Waals surface area contributed by atoms with Crippen molar-refractivity contribution in [1.82, 2.24) is 14.8 Å². The summed E-state index contributed by atoms with van der Waals surface area (Å²) < 4.78 is 7.66. The number of hydrogen-bond donors (Lipinski definition) is 1. The van der Waals surface area contributed by atoms with Gasteiger partial charge in [0.05, 0.1) is 16.5 Å². The molecule has 156 valence electrons. The summed E-state index contributed by atoms with van der Waals surface area (Å²) in [6, 6.07) is 13.3. The van der Waals surface area contributed by atoms with Gasteiger partial charge in [-0.25, -0.2) is 0 Å². The van der Waals surface area contributed by atoms with E-state index in [-0.39, 0.29) is 18.3 Å². The molecule has 0 radical (unpaired) electrons. The number of rotatable bonds is 9. The lowest BCUT2D eigenvalue weighted by molar-refractivity contribution is -0.113. The highest BCUT2D eigenvalue weighted by molar-refractivity contribution is 7.99. The van der Waals surface area contributed by atoms with E-state index in [2.05, 4.69) is 22.1 Å². The quantitative estimate of drug-likeness (QED) is 0.371. The van der Waals surface area contributed by atoms with Gasteiger partial charge in [-0.1, -0.05) is 53.7 Å². The van der Waals surface area contributed by atoms with Crippen LogP contribution >= 0.6 is 23.4 Å². The van der Waals surface area contributed by atoms with Crippen LogP contribution in [0.4, 0.5) is 5.69 Å². The molecule has 2 aromatic carbocycles. The lowest BCUT2D eigenvalue weighted by Gasteiger charge is -2.12. The van der Waals surface area contributed by atoms with Crippen LogP contribution in [0.25, 0.3) is 0 Å². The first kappa shape index (κ1) is 21.9. The van der Waals surface area contributed by atoms with E-state index in [1.807, 2.05) is 60.9 Å². The van der Waals surface area contributed by atoms with Crippen molar-refractivity contribution in [2.75, 3.05) is 11.1 Å². The topological polar surface area (TPSA) is 69.0 Å². The van der Waals surface area contributed by atoms with E-state index in [9.17, 15) is 4.79 Å². The van der Waals surface area contributed by atoms with Crippen molar-refractivity contribution in [3.8, 4) is 5.75 Å². The summed E-state index contributed by atoms with van der Waals surface area (Å²) in [5.74, 6) is 1.44. The normalized spacial score (nSPS) is 10.6. The summed E-state index contributed by atoms with van der Waals surface area (Å²) in [5, 5.41) is 12.5. The number of ether oxygens (including phenoxy) is 1. The maximum atomic E-state index is 12.5. The Morgan fingerprint density at radius 1 is 1.27 bits per heavy atom.